The molecule has 1 heterocycles. The Morgan fingerprint density at radius 3 is 2.62 bits per heavy atom. The molecule has 2 N–H and O–H groups in total. The maximum Gasteiger partial charge on any atom is 0.254 e. The van der Waals surface area contributed by atoms with Crippen molar-refractivity contribution in [1.82, 2.24) is 4.90 Å². The summed E-state index contributed by atoms with van der Waals surface area (Å²) >= 11 is 0. The van der Waals surface area contributed by atoms with Crippen LogP contribution in [0.3, 0.4) is 0 Å². The van der Waals surface area contributed by atoms with Gasteiger partial charge in [-0.05, 0) is 55.7 Å². The van der Waals surface area contributed by atoms with Crippen LogP contribution in [0, 0.1) is 12.3 Å². The molecule has 1 aliphatic heterocycles. The molecule has 3 nitrogen and oxygen atoms in total. The fourth-order valence-corrected chi connectivity index (χ4v) is 4.13. The van der Waals surface area contributed by atoms with Crippen molar-refractivity contribution in [2.24, 2.45) is 5.41 Å². The SMILES string of the molecule is Cc1ccc(N)cc1C(=O)N1CCCC2(CCCCC2)C1. The van der Waals surface area contributed by atoms with E-state index in [1.54, 1.807) is 0 Å². The predicted molar refractivity (Wildman–Crippen MR) is 86.2 cm³/mol. The summed E-state index contributed by atoms with van der Waals surface area (Å²) in [5.41, 5.74) is 8.74. The molecule has 1 amide bonds. The number of rotatable bonds is 1. The van der Waals surface area contributed by atoms with Crippen LogP contribution in [0.1, 0.15) is 60.9 Å². The Labute approximate surface area is 127 Å². The van der Waals surface area contributed by atoms with Crippen molar-refractivity contribution in [2.45, 2.75) is 51.9 Å². The van der Waals surface area contributed by atoms with Gasteiger partial charge < -0.3 is 10.6 Å². The van der Waals surface area contributed by atoms with Gasteiger partial charge in [-0.25, -0.2) is 0 Å². The molecule has 1 spiro atoms. The van der Waals surface area contributed by atoms with E-state index in [4.69, 9.17) is 5.73 Å². The lowest BCUT2D eigenvalue weighted by atomic mass is 9.69. The lowest BCUT2D eigenvalue weighted by Gasteiger charge is -2.45. The summed E-state index contributed by atoms with van der Waals surface area (Å²) < 4.78 is 0. The Hall–Kier alpha value is -1.51. The standard InChI is InChI=1S/C18H26N2O/c1-14-6-7-15(19)12-16(14)17(21)20-11-5-10-18(13-20)8-3-2-4-9-18/h6-7,12H,2-5,8-11,13,19H2,1H3. The molecule has 1 saturated carbocycles. The number of hydrogen-bond donors (Lipinski definition) is 1. The average Bonchev–Trinajstić information content (AvgIpc) is 2.50. The summed E-state index contributed by atoms with van der Waals surface area (Å²) in [4.78, 5) is 14.9. The highest BCUT2D eigenvalue weighted by molar-refractivity contribution is 5.96. The molecule has 0 bridgehead atoms. The quantitative estimate of drug-likeness (QED) is 0.799. The van der Waals surface area contributed by atoms with Crippen molar-refractivity contribution in [3.8, 4) is 0 Å². The van der Waals surface area contributed by atoms with Crippen LogP contribution in [-0.4, -0.2) is 23.9 Å². The topological polar surface area (TPSA) is 46.3 Å². The fraction of sp³-hybridized carbons (Fsp3) is 0.611. The third kappa shape index (κ3) is 2.92. The Bertz CT molecular complexity index is 527. The second kappa shape index (κ2) is 5.70. The van der Waals surface area contributed by atoms with Gasteiger partial charge in [0.15, 0.2) is 0 Å². The molecule has 0 aromatic heterocycles. The predicted octanol–water partition coefficient (Wildman–Crippen LogP) is 3.76. The highest BCUT2D eigenvalue weighted by Gasteiger charge is 2.38. The van der Waals surface area contributed by atoms with Gasteiger partial charge in [-0.15, -0.1) is 0 Å². The molecule has 0 radical (unpaired) electrons. The Morgan fingerprint density at radius 2 is 1.86 bits per heavy atom. The lowest BCUT2D eigenvalue weighted by molar-refractivity contribution is 0.0383. The summed E-state index contributed by atoms with van der Waals surface area (Å²) in [5, 5.41) is 0. The number of anilines is 1. The fourth-order valence-electron chi connectivity index (χ4n) is 4.13. The Balaban J connectivity index is 1.79. The molecule has 3 rings (SSSR count). The molecule has 1 saturated heterocycles. The van der Waals surface area contributed by atoms with E-state index >= 15 is 0 Å². The minimum Gasteiger partial charge on any atom is -0.399 e. The molecule has 1 aromatic rings. The number of nitrogen functional groups attached to an aromatic ring is 1. The minimum absolute atomic E-state index is 0.171. The van der Waals surface area contributed by atoms with Crippen LogP contribution in [0.4, 0.5) is 5.69 Å². The van der Waals surface area contributed by atoms with E-state index in [9.17, 15) is 4.79 Å². The zero-order valence-corrected chi connectivity index (χ0v) is 13.0. The lowest BCUT2D eigenvalue weighted by Crippen LogP contribution is -2.47. The van der Waals surface area contributed by atoms with Gasteiger partial charge in [-0.2, -0.15) is 0 Å². The van der Waals surface area contributed by atoms with Crippen LogP contribution in [-0.2, 0) is 0 Å². The smallest absolute Gasteiger partial charge is 0.254 e. The van der Waals surface area contributed by atoms with Crippen molar-refractivity contribution in [2.75, 3.05) is 18.8 Å². The molecule has 0 atom stereocenters. The molecule has 2 aliphatic rings. The number of piperidine rings is 1. The number of carbonyl (C=O) groups excluding carboxylic acids is 1. The van der Waals surface area contributed by atoms with E-state index in [-0.39, 0.29) is 5.91 Å². The zero-order valence-electron chi connectivity index (χ0n) is 13.0. The first-order chi connectivity index (χ1) is 10.1. The van der Waals surface area contributed by atoms with Crippen molar-refractivity contribution < 1.29 is 4.79 Å². The van der Waals surface area contributed by atoms with Gasteiger partial charge >= 0.3 is 0 Å². The van der Waals surface area contributed by atoms with Crippen molar-refractivity contribution >= 4 is 11.6 Å². The van der Waals surface area contributed by atoms with E-state index in [1.807, 2.05) is 25.1 Å². The van der Waals surface area contributed by atoms with Crippen molar-refractivity contribution in [1.29, 1.82) is 0 Å². The number of benzene rings is 1. The monoisotopic (exact) mass is 286 g/mol. The van der Waals surface area contributed by atoms with Gasteiger partial charge in [0.25, 0.3) is 5.91 Å². The second-order valence-corrected chi connectivity index (χ2v) is 6.97. The number of nitrogens with two attached hydrogens (primary N) is 1. The number of hydrogen-bond acceptors (Lipinski definition) is 2. The highest BCUT2D eigenvalue weighted by Crippen LogP contribution is 2.43. The number of amides is 1. The summed E-state index contributed by atoms with van der Waals surface area (Å²) in [6.07, 6.45) is 9.07. The third-order valence-corrected chi connectivity index (χ3v) is 5.35. The van der Waals surface area contributed by atoms with Gasteiger partial charge in [-0.1, -0.05) is 25.3 Å². The number of nitrogens with zero attached hydrogens (tertiary/aromatic N) is 1. The maximum absolute atomic E-state index is 12.9. The molecule has 2 fully saturated rings. The molecule has 1 aromatic carbocycles. The second-order valence-electron chi connectivity index (χ2n) is 6.97. The van der Waals surface area contributed by atoms with Crippen LogP contribution in [0.2, 0.25) is 0 Å². The van der Waals surface area contributed by atoms with Crippen molar-refractivity contribution in [3.05, 3.63) is 29.3 Å². The van der Waals surface area contributed by atoms with E-state index < -0.39 is 0 Å². The first-order valence-corrected chi connectivity index (χ1v) is 8.25. The molecule has 0 unspecified atom stereocenters. The number of aryl methyl sites for hydroxylation is 1. The number of carbonyl (C=O) groups is 1. The Morgan fingerprint density at radius 1 is 1.14 bits per heavy atom. The first kappa shape index (κ1) is 14.4. The molecular weight excluding hydrogens is 260 g/mol. The first-order valence-electron chi connectivity index (χ1n) is 8.25. The zero-order chi connectivity index (χ0) is 14.9. The summed E-state index contributed by atoms with van der Waals surface area (Å²) in [6.45, 7) is 3.84. The minimum atomic E-state index is 0.171. The molecule has 21 heavy (non-hydrogen) atoms. The third-order valence-electron chi connectivity index (χ3n) is 5.35. The summed E-state index contributed by atoms with van der Waals surface area (Å²) in [5.74, 6) is 0.171. The average molecular weight is 286 g/mol. The van der Waals surface area contributed by atoms with Gasteiger partial charge in [0, 0.05) is 24.3 Å². The van der Waals surface area contributed by atoms with Crippen LogP contribution >= 0.6 is 0 Å². The van der Waals surface area contributed by atoms with Crippen LogP contribution in [0.25, 0.3) is 0 Å². The molecule has 114 valence electrons. The van der Waals surface area contributed by atoms with Crippen LogP contribution in [0.15, 0.2) is 18.2 Å². The van der Waals surface area contributed by atoms with E-state index in [1.165, 1.54) is 38.5 Å². The Kier molecular flexibility index (Phi) is 3.92. The van der Waals surface area contributed by atoms with Crippen molar-refractivity contribution in [3.63, 3.8) is 0 Å². The summed E-state index contributed by atoms with van der Waals surface area (Å²) in [6, 6.07) is 5.65. The van der Waals surface area contributed by atoms with Crippen LogP contribution < -0.4 is 5.73 Å². The molecule has 3 heteroatoms. The largest absolute Gasteiger partial charge is 0.399 e. The highest BCUT2D eigenvalue weighted by atomic mass is 16.2. The van der Waals surface area contributed by atoms with Gasteiger partial charge in [0.05, 0.1) is 0 Å². The number of likely N-dealkylation sites (tertiary alicyclic amines) is 1. The van der Waals surface area contributed by atoms with E-state index in [0.29, 0.717) is 11.1 Å². The van der Waals surface area contributed by atoms with Crippen LogP contribution in [0.5, 0.6) is 0 Å². The maximum atomic E-state index is 12.9. The van der Waals surface area contributed by atoms with E-state index in [2.05, 4.69) is 4.90 Å². The molecular formula is C18H26N2O. The van der Waals surface area contributed by atoms with Gasteiger partial charge in [0.1, 0.15) is 0 Å². The normalized spacial score (nSPS) is 21.5. The van der Waals surface area contributed by atoms with Gasteiger partial charge in [-0.3, -0.25) is 4.79 Å². The molecule has 1 aliphatic carbocycles. The summed E-state index contributed by atoms with van der Waals surface area (Å²) in [7, 11) is 0. The van der Waals surface area contributed by atoms with Gasteiger partial charge in [0.2, 0.25) is 0 Å². The van der Waals surface area contributed by atoms with E-state index in [0.717, 1.165) is 30.6 Å².